The molecule has 3 aromatic rings. The number of carbonyl (C=O) groups excluding carboxylic acids is 1. The van der Waals surface area contributed by atoms with Crippen LogP contribution >= 0.6 is 0 Å². The molecule has 0 saturated carbocycles. The van der Waals surface area contributed by atoms with E-state index in [1.165, 1.54) is 17.7 Å². The van der Waals surface area contributed by atoms with E-state index in [4.69, 9.17) is 0 Å². The summed E-state index contributed by atoms with van der Waals surface area (Å²) in [5.41, 5.74) is 0.580. The first-order chi connectivity index (χ1) is 13.8. The highest BCUT2D eigenvalue weighted by atomic mass is 19.4. The summed E-state index contributed by atoms with van der Waals surface area (Å²) in [5.74, 6) is -0.264. The predicted molar refractivity (Wildman–Crippen MR) is 101 cm³/mol. The molecule has 1 heterocycles. The maximum Gasteiger partial charge on any atom is 0.416 e. The maximum atomic E-state index is 12.8. The van der Waals surface area contributed by atoms with Gasteiger partial charge >= 0.3 is 6.18 Å². The number of amides is 1. The first-order valence-electron chi connectivity index (χ1n) is 9.10. The van der Waals surface area contributed by atoms with E-state index in [9.17, 15) is 18.0 Å². The molecule has 3 rings (SSSR count). The summed E-state index contributed by atoms with van der Waals surface area (Å²) in [6.07, 6.45) is -2.85. The third-order valence-electron chi connectivity index (χ3n) is 4.30. The van der Waals surface area contributed by atoms with Gasteiger partial charge in [0.1, 0.15) is 6.54 Å². The molecule has 9 heteroatoms. The van der Waals surface area contributed by atoms with Crippen LogP contribution in [0, 0.1) is 0 Å². The van der Waals surface area contributed by atoms with Crippen LogP contribution < -0.4 is 5.32 Å². The van der Waals surface area contributed by atoms with Crippen LogP contribution in [0.5, 0.6) is 0 Å². The number of nitrogens with zero attached hydrogens (tertiary/aromatic N) is 4. The van der Waals surface area contributed by atoms with Gasteiger partial charge in [0.15, 0.2) is 0 Å². The largest absolute Gasteiger partial charge is 0.416 e. The summed E-state index contributed by atoms with van der Waals surface area (Å²) in [6, 6.07) is 14.6. The molecule has 0 spiro atoms. The van der Waals surface area contributed by atoms with Gasteiger partial charge in [-0.05, 0) is 42.7 Å². The van der Waals surface area contributed by atoms with Crippen molar-refractivity contribution in [1.82, 2.24) is 25.5 Å². The zero-order valence-corrected chi connectivity index (χ0v) is 15.7. The number of hydrogen-bond acceptors (Lipinski definition) is 4. The zero-order chi connectivity index (χ0) is 20.9. The minimum Gasteiger partial charge on any atom is -0.352 e. The molecule has 0 fully saturated rings. The van der Waals surface area contributed by atoms with Crippen LogP contribution in [-0.2, 0) is 23.9 Å². The predicted octanol–water partition coefficient (Wildman–Crippen LogP) is 3.50. The Kier molecular flexibility index (Phi) is 6.26. The average Bonchev–Trinajstić information content (AvgIpc) is 3.15. The van der Waals surface area contributed by atoms with Gasteiger partial charge < -0.3 is 5.32 Å². The summed E-state index contributed by atoms with van der Waals surface area (Å²) < 4.78 is 38.5. The molecular weight excluding hydrogens is 383 g/mol. The number of aryl methyl sites for hydroxylation is 1. The van der Waals surface area contributed by atoms with Crippen molar-refractivity contribution in [2.24, 2.45) is 0 Å². The van der Waals surface area contributed by atoms with Crippen LogP contribution in [0.2, 0.25) is 0 Å². The van der Waals surface area contributed by atoms with Crippen molar-refractivity contribution in [3.8, 4) is 11.4 Å². The highest BCUT2D eigenvalue weighted by molar-refractivity contribution is 5.75. The van der Waals surface area contributed by atoms with E-state index >= 15 is 0 Å². The normalized spacial score (nSPS) is 12.6. The molecule has 1 atom stereocenters. The number of carbonyl (C=O) groups is 1. The SMILES string of the molecule is C[C@H](CCc1ccccc1)NC(=O)Cn1nnc(-c2cccc(C(F)(F)F)c2)n1. The number of nitrogens with one attached hydrogen (secondary N) is 1. The molecule has 1 amide bonds. The second-order valence-corrected chi connectivity index (χ2v) is 6.71. The molecule has 1 aromatic heterocycles. The topological polar surface area (TPSA) is 72.7 Å². The third-order valence-corrected chi connectivity index (χ3v) is 4.30. The first-order valence-corrected chi connectivity index (χ1v) is 9.10. The van der Waals surface area contributed by atoms with E-state index in [1.807, 2.05) is 37.3 Å². The molecule has 152 valence electrons. The number of alkyl halides is 3. The Morgan fingerprint density at radius 2 is 1.90 bits per heavy atom. The van der Waals surface area contributed by atoms with E-state index in [1.54, 1.807) is 0 Å². The Bertz CT molecular complexity index is 956. The molecule has 0 unspecified atom stereocenters. The maximum absolute atomic E-state index is 12.8. The summed E-state index contributed by atoms with van der Waals surface area (Å²) in [6.45, 7) is 1.74. The number of aromatic nitrogens is 4. The monoisotopic (exact) mass is 403 g/mol. The molecule has 0 bridgehead atoms. The highest BCUT2D eigenvalue weighted by Gasteiger charge is 2.30. The number of rotatable bonds is 7. The van der Waals surface area contributed by atoms with Gasteiger partial charge in [-0.2, -0.15) is 18.0 Å². The minimum absolute atomic E-state index is 0.0287. The van der Waals surface area contributed by atoms with Gasteiger partial charge in [-0.25, -0.2) is 0 Å². The lowest BCUT2D eigenvalue weighted by Crippen LogP contribution is -2.35. The Balaban J connectivity index is 1.55. The fraction of sp³-hybridized carbons (Fsp3) is 0.300. The number of benzene rings is 2. The lowest BCUT2D eigenvalue weighted by Gasteiger charge is -2.13. The standard InChI is InChI=1S/C20H20F3N5O/c1-14(10-11-15-6-3-2-4-7-15)24-18(29)13-28-26-19(25-27-28)16-8-5-9-17(12-16)20(21,22)23/h2-9,12,14H,10-11,13H2,1H3,(H,24,29)/t14-/m1/s1. The van der Waals surface area contributed by atoms with Gasteiger partial charge in [-0.1, -0.05) is 42.5 Å². The fourth-order valence-electron chi connectivity index (χ4n) is 2.81. The number of halogens is 3. The Morgan fingerprint density at radius 1 is 1.14 bits per heavy atom. The zero-order valence-electron chi connectivity index (χ0n) is 15.7. The van der Waals surface area contributed by atoms with Crippen molar-refractivity contribution in [3.63, 3.8) is 0 Å². The van der Waals surface area contributed by atoms with E-state index in [2.05, 4.69) is 20.7 Å². The molecule has 1 N–H and O–H groups in total. The van der Waals surface area contributed by atoms with E-state index in [0.717, 1.165) is 29.8 Å². The minimum atomic E-state index is -4.46. The van der Waals surface area contributed by atoms with Gasteiger partial charge in [-0.3, -0.25) is 4.79 Å². The van der Waals surface area contributed by atoms with Crippen molar-refractivity contribution < 1.29 is 18.0 Å². The van der Waals surface area contributed by atoms with Crippen LogP contribution in [0.3, 0.4) is 0 Å². The molecule has 0 saturated heterocycles. The van der Waals surface area contributed by atoms with E-state index < -0.39 is 11.7 Å². The molecule has 2 aromatic carbocycles. The van der Waals surface area contributed by atoms with E-state index in [0.29, 0.717) is 0 Å². The summed E-state index contributed by atoms with van der Waals surface area (Å²) >= 11 is 0. The van der Waals surface area contributed by atoms with Crippen LogP contribution in [0.4, 0.5) is 13.2 Å². The Hall–Kier alpha value is -3.23. The quantitative estimate of drug-likeness (QED) is 0.655. The highest BCUT2D eigenvalue weighted by Crippen LogP contribution is 2.31. The Labute approximate surface area is 165 Å². The van der Waals surface area contributed by atoms with Crippen molar-refractivity contribution in [2.45, 2.75) is 38.5 Å². The van der Waals surface area contributed by atoms with Gasteiger partial charge in [0, 0.05) is 11.6 Å². The van der Waals surface area contributed by atoms with Gasteiger partial charge in [0.2, 0.25) is 11.7 Å². The molecule has 0 aliphatic rings. The van der Waals surface area contributed by atoms with Crippen LogP contribution in [0.15, 0.2) is 54.6 Å². The summed E-state index contributed by atoms with van der Waals surface area (Å²) in [5, 5.41) is 14.4. The second kappa shape index (κ2) is 8.85. The van der Waals surface area contributed by atoms with Crippen LogP contribution in [0.25, 0.3) is 11.4 Å². The van der Waals surface area contributed by atoms with Gasteiger partial charge in [0.05, 0.1) is 5.56 Å². The Morgan fingerprint density at radius 3 is 2.62 bits per heavy atom. The van der Waals surface area contributed by atoms with Gasteiger partial charge in [0.25, 0.3) is 0 Å². The van der Waals surface area contributed by atoms with Crippen LogP contribution in [-0.4, -0.2) is 32.2 Å². The molecule has 0 radical (unpaired) electrons. The van der Waals surface area contributed by atoms with E-state index in [-0.39, 0.29) is 29.9 Å². The molecule has 0 aliphatic carbocycles. The van der Waals surface area contributed by atoms with Gasteiger partial charge in [-0.15, -0.1) is 10.2 Å². The lowest BCUT2D eigenvalue weighted by atomic mass is 10.1. The smallest absolute Gasteiger partial charge is 0.352 e. The molecule has 29 heavy (non-hydrogen) atoms. The second-order valence-electron chi connectivity index (χ2n) is 6.71. The van der Waals surface area contributed by atoms with Crippen molar-refractivity contribution >= 4 is 5.91 Å². The molecule has 6 nitrogen and oxygen atoms in total. The summed E-state index contributed by atoms with van der Waals surface area (Å²) in [4.78, 5) is 13.2. The fourth-order valence-corrected chi connectivity index (χ4v) is 2.81. The third kappa shape index (κ3) is 5.87. The average molecular weight is 403 g/mol. The lowest BCUT2D eigenvalue weighted by molar-refractivity contribution is -0.137. The molecular formula is C20H20F3N5O. The summed E-state index contributed by atoms with van der Waals surface area (Å²) in [7, 11) is 0. The van der Waals surface area contributed by atoms with Crippen molar-refractivity contribution in [2.75, 3.05) is 0 Å². The number of hydrogen-bond donors (Lipinski definition) is 1. The van der Waals surface area contributed by atoms with Crippen molar-refractivity contribution in [1.29, 1.82) is 0 Å². The first kappa shape index (κ1) is 20.5. The number of tetrazole rings is 1. The molecule has 0 aliphatic heterocycles. The van der Waals surface area contributed by atoms with Crippen molar-refractivity contribution in [3.05, 3.63) is 65.7 Å². The van der Waals surface area contributed by atoms with Crippen LogP contribution in [0.1, 0.15) is 24.5 Å².